The Kier molecular flexibility index (Phi) is 6.56. The van der Waals surface area contributed by atoms with E-state index in [4.69, 9.17) is 9.84 Å². The molecule has 0 aliphatic heterocycles. The standard InChI is InChI=1S/C16H21NO5/c1-11(2)8-17(9-16(20)21)15(19)10-22-14-6-4-5-13(7-14)12(3)18/h4-7,11H,8-10H2,1-3H3,(H,20,21). The Morgan fingerprint density at radius 3 is 2.50 bits per heavy atom. The molecule has 0 radical (unpaired) electrons. The van der Waals surface area contributed by atoms with Crippen LogP contribution in [-0.2, 0) is 9.59 Å². The molecule has 0 aliphatic carbocycles. The number of Topliss-reactive ketones (excluding diaryl/α,β-unsaturated/α-hetero) is 1. The Hall–Kier alpha value is -2.37. The Morgan fingerprint density at radius 1 is 1.27 bits per heavy atom. The first-order chi connectivity index (χ1) is 10.3. The highest BCUT2D eigenvalue weighted by Crippen LogP contribution is 2.14. The number of carbonyl (C=O) groups excluding carboxylic acids is 2. The second kappa shape index (κ2) is 8.17. The quantitative estimate of drug-likeness (QED) is 0.741. The van der Waals surface area contributed by atoms with Crippen LogP contribution in [0.15, 0.2) is 24.3 Å². The van der Waals surface area contributed by atoms with E-state index in [1.807, 2.05) is 13.8 Å². The molecular formula is C16H21NO5. The van der Waals surface area contributed by atoms with Gasteiger partial charge < -0.3 is 14.7 Å². The van der Waals surface area contributed by atoms with Gasteiger partial charge in [0.25, 0.3) is 5.91 Å². The van der Waals surface area contributed by atoms with Gasteiger partial charge in [-0.05, 0) is 25.0 Å². The fraction of sp³-hybridized carbons (Fsp3) is 0.438. The largest absolute Gasteiger partial charge is 0.484 e. The predicted molar refractivity (Wildman–Crippen MR) is 81.0 cm³/mol. The van der Waals surface area contributed by atoms with Gasteiger partial charge in [0.05, 0.1) is 0 Å². The fourth-order valence-electron chi connectivity index (χ4n) is 1.90. The molecule has 0 saturated carbocycles. The van der Waals surface area contributed by atoms with E-state index in [1.54, 1.807) is 24.3 Å². The molecule has 1 aromatic carbocycles. The lowest BCUT2D eigenvalue weighted by Crippen LogP contribution is -2.40. The number of hydrogen-bond donors (Lipinski definition) is 1. The van der Waals surface area contributed by atoms with E-state index < -0.39 is 11.9 Å². The number of ether oxygens (including phenoxy) is 1. The van der Waals surface area contributed by atoms with E-state index in [0.29, 0.717) is 17.9 Å². The first kappa shape index (κ1) is 17.7. The summed E-state index contributed by atoms with van der Waals surface area (Å²) in [6, 6.07) is 6.52. The van der Waals surface area contributed by atoms with Crippen LogP contribution in [0.5, 0.6) is 5.75 Å². The molecule has 0 aromatic heterocycles. The number of aliphatic carboxylic acids is 1. The molecule has 1 aromatic rings. The third kappa shape index (κ3) is 5.95. The van der Waals surface area contributed by atoms with Crippen LogP contribution in [0.2, 0.25) is 0 Å². The number of benzene rings is 1. The van der Waals surface area contributed by atoms with Gasteiger partial charge in [-0.1, -0.05) is 26.0 Å². The molecule has 6 heteroatoms. The molecular weight excluding hydrogens is 286 g/mol. The van der Waals surface area contributed by atoms with Gasteiger partial charge in [0.15, 0.2) is 12.4 Å². The fourth-order valence-corrected chi connectivity index (χ4v) is 1.90. The number of ketones is 1. The molecule has 0 saturated heterocycles. The van der Waals surface area contributed by atoms with Crippen LogP contribution >= 0.6 is 0 Å². The zero-order valence-corrected chi connectivity index (χ0v) is 13.0. The molecule has 0 fully saturated rings. The predicted octanol–water partition coefficient (Wildman–Crippen LogP) is 1.84. The highest BCUT2D eigenvalue weighted by Gasteiger charge is 2.18. The maximum Gasteiger partial charge on any atom is 0.323 e. The van der Waals surface area contributed by atoms with E-state index in [9.17, 15) is 14.4 Å². The second-order valence-electron chi connectivity index (χ2n) is 5.43. The molecule has 1 N–H and O–H groups in total. The summed E-state index contributed by atoms with van der Waals surface area (Å²) in [5, 5.41) is 8.86. The van der Waals surface area contributed by atoms with E-state index in [0.717, 1.165) is 0 Å². The zero-order chi connectivity index (χ0) is 16.7. The lowest BCUT2D eigenvalue weighted by Gasteiger charge is -2.22. The van der Waals surface area contributed by atoms with E-state index in [2.05, 4.69) is 0 Å². The summed E-state index contributed by atoms with van der Waals surface area (Å²) in [5.41, 5.74) is 0.495. The molecule has 22 heavy (non-hydrogen) atoms. The van der Waals surface area contributed by atoms with Crippen LogP contribution in [0, 0.1) is 5.92 Å². The summed E-state index contributed by atoms with van der Waals surface area (Å²) < 4.78 is 5.37. The average Bonchev–Trinajstić information content (AvgIpc) is 2.43. The number of hydrogen-bond acceptors (Lipinski definition) is 4. The number of amides is 1. The second-order valence-corrected chi connectivity index (χ2v) is 5.43. The van der Waals surface area contributed by atoms with Gasteiger partial charge in [-0.15, -0.1) is 0 Å². The Morgan fingerprint density at radius 2 is 1.95 bits per heavy atom. The lowest BCUT2D eigenvalue weighted by molar-refractivity contribution is -0.145. The minimum Gasteiger partial charge on any atom is -0.484 e. The molecule has 1 amide bonds. The van der Waals surface area contributed by atoms with Crippen molar-refractivity contribution < 1.29 is 24.2 Å². The van der Waals surface area contributed by atoms with Crippen LogP contribution < -0.4 is 4.74 Å². The van der Waals surface area contributed by atoms with Gasteiger partial charge in [-0.25, -0.2) is 0 Å². The Labute approximate surface area is 129 Å². The first-order valence-corrected chi connectivity index (χ1v) is 7.03. The molecule has 0 bridgehead atoms. The first-order valence-electron chi connectivity index (χ1n) is 7.03. The van der Waals surface area contributed by atoms with Crippen LogP contribution in [0.1, 0.15) is 31.1 Å². The van der Waals surface area contributed by atoms with Gasteiger partial charge >= 0.3 is 5.97 Å². The van der Waals surface area contributed by atoms with Crippen molar-refractivity contribution in [2.75, 3.05) is 19.7 Å². The van der Waals surface area contributed by atoms with Gasteiger partial charge in [-0.2, -0.15) is 0 Å². The van der Waals surface area contributed by atoms with Crippen molar-refractivity contribution in [1.29, 1.82) is 0 Å². The highest BCUT2D eigenvalue weighted by molar-refractivity contribution is 5.94. The third-order valence-electron chi connectivity index (χ3n) is 2.87. The number of carboxylic acid groups (broad SMARTS) is 1. The van der Waals surface area contributed by atoms with Gasteiger partial charge in [0, 0.05) is 12.1 Å². The van der Waals surface area contributed by atoms with E-state index in [-0.39, 0.29) is 24.9 Å². The summed E-state index contributed by atoms with van der Waals surface area (Å²) >= 11 is 0. The summed E-state index contributed by atoms with van der Waals surface area (Å²) in [6.07, 6.45) is 0. The lowest BCUT2D eigenvalue weighted by atomic mass is 10.1. The summed E-state index contributed by atoms with van der Waals surface area (Å²) in [5.74, 6) is -0.994. The maximum absolute atomic E-state index is 12.1. The monoisotopic (exact) mass is 307 g/mol. The van der Waals surface area contributed by atoms with E-state index in [1.165, 1.54) is 11.8 Å². The van der Waals surface area contributed by atoms with Gasteiger partial charge in [0.1, 0.15) is 12.3 Å². The van der Waals surface area contributed by atoms with Crippen molar-refractivity contribution in [3.8, 4) is 5.75 Å². The topological polar surface area (TPSA) is 83.9 Å². The number of carbonyl (C=O) groups is 3. The average molecular weight is 307 g/mol. The van der Waals surface area contributed by atoms with Crippen molar-refractivity contribution in [1.82, 2.24) is 4.90 Å². The maximum atomic E-state index is 12.1. The normalized spacial score (nSPS) is 10.4. The molecule has 1 rings (SSSR count). The Balaban J connectivity index is 2.67. The van der Waals surface area contributed by atoms with Crippen molar-refractivity contribution >= 4 is 17.7 Å². The molecule has 0 aliphatic rings. The molecule has 6 nitrogen and oxygen atoms in total. The van der Waals surface area contributed by atoms with Crippen LogP contribution in [0.4, 0.5) is 0 Å². The van der Waals surface area contributed by atoms with E-state index >= 15 is 0 Å². The minimum atomic E-state index is -1.06. The van der Waals surface area contributed by atoms with Gasteiger partial charge in [0.2, 0.25) is 0 Å². The Bertz CT molecular complexity index is 553. The number of carboxylic acids is 1. The van der Waals surface area contributed by atoms with Crippen LogP contribution in [-0.4, -0.2) is 47.4 Å². The molecule has 0 spiro atoms. The minimum absolute atomic E-state index is 0.0934. The van der Waals surface area contributed by atoms with Gasteiger partial charge in [-0.3, -0.25) is 14.4 Å². The zero-order valence-electron chi connectivity index (χ0n) is 13.0. The molecule has 120 valence electrons. The summed E-state index contributed by atoms with van der Waals surface area (Å²) in [7, 11) is 0. The molecule has 0 heterocycles. The molecule has 0 unspecified atom stereocenters. The third-order valence-corrected chi connectivity index (χ3v) is 2.87. The van der Waals surface area contributed by atoms with Crippen molar-refractivity contribution in [3.05, 3.63) is 29.8 Å². The van der Waals surface area contributed by atoms with Crippen molar-refractivity contribution in [2.45, 2.75) is 20.8 Å². The van der Waals surface area contributed by atoms with Crippen LogP contribution in [0.25, 0.3) is 0 Å². The SMILES string of the molecule is CC(=O)c1cccc(OCC(=O)N(CC(=O)O)CC(C)C)c1. The van der Waals surface area contributed by atoms with Crippen molar-refractivity contribution in [3.63, 3.8) is 0 Å². The smallest absolute Gasteiger partial charge is 0.323 e. The number of rotatable bonds is 8. The number of nitrogens with zero attached hydrogens (tertiary/aromatic N) is 1. The molecule has 0 atom stereocenters. The van der Waals surface area contributed by atoms with Crippen LogP contribution in [0.3, 0.4) is 0 Å². The van der Waals surface area contributed by atoms with Crippen molar-refractivity contribution in [2.24, 2.45) is 5.92 Å². The summed E-state index contributed by atoms with van der Waals surface area (Å²) in [6.45, 7) is 4.98. The highest BCUT2D eigenvalue weighted by atomic mass is 16.5. The summed E-state index contributed by atoms with van der Waals surface area (Å²) in [4.78, 5) is 35.4.